The molecule has 0 atom stereocenters. The van der Waals surface area contributed by atoms with E-state index in [2.05, 4.69) is 5.32 Å². The number of nitrogens with zero attached hydrogens (tertiary/aromatic N) is 1. The zero-order valence-electron chi connectivity index (χ0n) is 8.97. The molecule has 0 unspecified atom stereocenters. The zero-order chi connectivity index (χ0) is 11.2. The van der Waals surface area contributed by atoms with E-state index >= 15 is 0 Å². The topological polar surface area (TPSA) is 32.3 Å². The van der Waals surface area contributed by atoms with Crippen molar-refractivity contribution in [1.29, 1.82) is 0 Å². The van der Waals surface area contributed by atoms with Crippen molar-refractivity contribution in [2.45, 2.75) is 6.54 Å². The van der Waals surface area contributed by atoms with Crippen LogP contribution in [0.4, 0.5) is 4.79 Å². The number of rotatable bonds is 2. The lowest BCUT2D eigenvalue weighted by Crippen LogP contribution is -2.36. The SMILES string of the molecule is O=C(NCc1ccccc1)N1C=CC=CC1. The normalized spacial score (nSPS) is 13.9. The van der Waals surface area contributed by atoms with Crippen molar-refractivity contribution in [1.82, 2.24) is 10.2 Å². The highest BCUT2D eigenvalue weighted by Gasteiger charge is 2.09. The highest BCUT2D eigenvalue weighted by Crippen LogP contribution is 2.01. The van der Waals surface area contributed by atoms with E-state index in [4.69, 9.17) is 0 Å². The van der Waals surface area contributed by atoms with Crippen molar-refractivity contribution in [3.8, 4) is 0 Å². The summed E-state index contributed by atoms with van der Waals surface area (Å²) in [6.45, 7) is 1.20. The van der Waals surface area contributed by atoms with Crippen LogP contribution in [0.2, 0.25) is 0 Å². The summed E-state index contributed by atoms with van der Waals surface area (Å²) in [6, 6.07) is 9.81. The van der Waals surface area contributed by atoms with Crippen molar-refractivity contribution in [2.24, 2.45) is 0 Å². The number of carbonyl (C=O) groups is 1. The van der Waals surface area contributed by atoms with Gasteiger partial charge in [-0.3, -0.25) is 4.90 Å². The lowest BCUT2D eigenvalue weighted by atomic mass is 10.2. The minimum Gasteiger partial charge on any atom is -0.334 e. The Bertz CT molecular complexity index is 409. The summed E-state index contributed by atoms with van der Waals surface area (Å²) in [5.74, 6) is 0. The maximum absolute atomic E-state index is 11.7. The first-order valence-corrected chi connectivity index (χ1v) is 5.28. The fourth-order valence-corrected chi connectivity index (χ4v) is 1.49. The molecule has 1 N–H and O–H groups in total. The number of hydrogen-bond acceptors (Lipinski definition) is 1. The third kappa shape index (κ3) is 2.73. The molecule has 1 heterocycles. The molecule has 1 aromatic carbocycles. The molecule has 0 radical (unpaired) electrons. The Labute approximate surface area is 95.1 Å². The van der Waals surface area contributed by atoms with Gasteiger partial charge in [0.05, 0.1) is 0 Å². The number of urea groups is 1. The Morgan fingerprint density at radius 3 is 2.75 bits per heavy atom. The first-order valence-electron chi connectivity index (χ1n) is 5.28. The molecule has 16 heavy (non-hydrogen) atoms. The smallest absolute Gasteiger partial charge is 0.321 e. The van der Waals surface area contributed by atoms with Crippen LogP contribution in [0.15, 0.2) is 54.8 Å². The number of nitrogens with one attached hydrogen (secondary N) is 1. The third-order valence-corrected chi connectivity index (χ3v) is 2.36. The molecule has 1 aromatic rings. The van der Waals surface area contributed by atoms with E-state index in [1.54, 1.807) is 11.1 Å². The molecule has 0 aliphatic carbocycles. The van der Waals surface area contributed by atoms with Crippen LogP contribution < -0.4 is 5.32 Å². The second-order valence-corrected chi connectivity index (χ2v) is 3.57. The summed E-state index contributed by atoms with van der Waals surface area (Å²) in [5, 5.41) is 2.87. The van der Waals surface area contributed by atoms with Gasteiger partial charge in [-0.2, -0.15) is 0 Å². The molecule has 0 fully saturated rings. The van der Waals surface area contributed by atoms with Crippen molar-refractivity contribution in [2.75, 3.05) is 6.54 Å². The maximum Gasteiger partial charge on any atom is 0.321 e. The lowest BCUT2D eigenvalue weighted by molar-refractivity contribution is 0.218. The minimum atomic E-state index is -0.0653. The van der Waals surface area contributed by atoms with Gasteiger partial charge in [0.2, 0.25) is 0 Å². The summed E-state index contributed by atoms with van der Waals surface area (Å²) in [4.78, 5) is 13.3. The fraction of sp³-hybridized carbons (Fsp3) is 0.154. The maximum atomic E-state index is 11.7. The average Bonchev–Trinajstić information content (AvgIpc) is 2.38. The third-order valence-electron chi connectivity index (χ3n) is 2.36. The molecule has 0 bridgehead atoms. The second kappa shape index (κ2) is 5.16. The average molecular weight is 214 g/mol. The van der Waals surface area contributed by atoms with Crippen LogP contribution in [-0.4, -0.2) is 17.5 Å². The van der Waals surface area contributed by atoms with E-state index in [-0.39, 0.29) is 6.03 Å². The Morgan fingerprint density at radius 1 is 1.25 bits per heavy atom. The van der Waals surface area contributed by atoms with Gasteiger partial charge in [-0.15, -0.1) is 0 Å². The van der Waals surface area contributed by atoms with Gasteiger partial charge in [0, 0.05) is 19.3 Å². The molecule has 3 nitrogen and oxygen atoms in total. The molecule has 0 aromatic heterocycles. The fourth-order valence-electron chi connectivity index (χ4n) is 1.49. The van der Waals surface area contributed by atoms with Crippen molar-refractivity contribution < 1.29 is 4.79 Å². The zero-order valence-corrected chi connectivity index (χ0v) is 8.97. The summed E-state index contributed by atoms with van der Waals surface area (Å²) in [7, 11) is 0. The van der Waals surface area contributed by atoms with Crippen molar-refractivity contribution >= 4 is 6.03 Å². The molecule has 2 amide bonds. The Balaban J connectivity index is 1.84. The van der Waals surface area contributed by atoms with Crippen LogP contribution in [0.5, 0.6) is 0 Å². The van der Waals surface area contributed by atoms with E-state index in [1.807, 2.05) is 48.6 Å². The van der Waals surface area contributed by atoms with Crippen LogP contribution in [0, 0.1) is 0 Å². The lowest BCUT2D eigenvalue weighted by Gasteiger charge is -2.18. The molecule has 3 heteroatoms. The van der Waals surface area contributed by atoms with Crippen LogP contribution in [0.25, 0.3) is 0 Å². The van der Waals surface area contributed by atoms with Crippen LogP contribution in [0.1, 0.15) is 5.56 Å². The van der Waals surface area contributed by atoms with Gasteiger partial charge >= 0.3 is 6.03 Å². The Kier molecular flexibility index (Phi) is 3.38. The molecule has 2 rings (SSSR count). The minimum absolute atomic E-state index is 0.0653. The van der Waals surface area contributed by atoms with Crippen LogP contribution in [-0.2, 0) is 6.54 Å². The summed E-state index contributed by atoms with van der Waals surface area (Å²) in [5.41, 5.74) is 1.10. The van der Waals surface area contributed by atoms with Gasteiger partial charge in [-0.1, -0.05) is 42.5 Å². The Hall–Kier alpha value is -2.03. The van der Waals surface area contributed by atoms with E-state index in [1.165, 1.54) is 0 Å². The standard InChI is InChI=1S/C13H14N2O/c16-13(15-9-5-2-6-10-15)14-11-12-7-3-1-4-8-12/h1-9H,10-11H2,(H,14,16). The molecule has 1 aliphatic rings. The number of amides is 2. The quantitative estimate of drug-likeness (QED) is 0.804. The van der Waals surface area contributed by atoms with E-state index < -0.39 is 0 Å². The number of allylic oxidation sites excluding steroid dienone is 2. The molecule has 82 valence electrons. The first kappa shape index (κ1) is 10.5. The van der Waals surface area contributed by atoms with Gasteiger partial charge in [-0.25, -0.2) is 4.79 Å². The van der Waals surface area contributed by atoms with E-state index in [0.717, 1.165) is 5.56 Å². The number of hydrogen-bond donors (Lipinski definition) is 1. The highest BCUT2D eigenvalue weighted by atomic mass is 16.2. The van der Waals surface area contributed by atoms with Gasteiger partial charge in [0.25, 0.3) is 0 Å². The van der Waals surface area contributed by atoms with Gasteiger partial charge < -0.3 is 5.32 Å². The van der Waals surface area contributed by atoms with Crippen molar-refractivity contribution in [3.63, 3.8) is 0 Å². The predicted molar refractivity (Wildman–Crippen MR) is 63.7 cm³/mol. The summed E-state index contributed by atoms with van der Waals surface area (Å²) in [6.07, 6.45) is 7.51. The summed E-state index contributed by atoms with van der Waals surface area (Å²) < 4.78 is 0. The Morgan fingerprint density at radius 2 is 2.06 bits per heavy atom. The van der Waals surface area contributed by atoms with E-state index in [0.29, 0.717) is 13.1 Å². The largest absolute Gasteiger partial charge is 0.334 e. The first-order chi connectivity index (χ1) is 7.86. The van der Waals surface area contributed by atoms with Gasteiger partial charge in [-0.05, 0) is 11.6 Å². The molecular formula is C13H14N2O. The molecule has 0 saturated carbocycles. The second-order valence-electron chi connectivity index (χ2n) is 3.57. The van der Waals surface area contributed by atoms with Gasteiger partial charge in [0.15, 0.2) is 0 Å². The van der Waals surface area contributed by atoms with Crippen LogP contribution in [0.3, 0.4) is 0 Å². The molecule has 1 aliphatic heterocycles. The highest BCUT2D eigenvalue weighted by molar-refractivity contribution is 5.75. The molecule has 0 saturated heterocycles. The van der Waals surface area contributed by atoms with Crippen molar-refractivity contribution in [3.05, 3.63) is 60.3 Å². The summed E-state index contributed by atoms with van der Waals surface area (Å²) >= 11 is 0. The number of benzene rings is 1. The monoisotopic (exact) mass is 214 g/mol. The van der Waals surface area contributed by atoms with Gasteiger partial charge in [0.1, 0.15) is 0 Å². The predicted octanol–water partition coefficient (Wildman–Crippen LogP) is 2.28. The van der Waals surface area contributed by atoms with E-state index in [9.17, 15) is 4.79 Å². The molecular weight excluding hydrogens is 200 g/mol. The number of carbonyl (C=O) groups excluding carboxylic acids is 1. The molecule has 0 spiro atoms. The van der Waals surface area contributed by atoms with Crippen LogP contribution >= 0.6 is 0 Å².